The first-order valence-electron chi connectivity index (χ1n) is 6.59. The average molecular weight is 252 g/mol. The maximum atomic E-state index is 6.25. The van der Waals surface area contributed by atoms with Crippen LogP contribution in [0.5, 0.6) is 0 Å². The Bertz CT molecular complexity index is 389. The third-order valence-corrected chi connectivity index (χ3v) is 4.40. The van der Waals surface area contributed by atoms with Crippen molar-refractivity contribution in [3.63, 3.8) is 0 Å². The molecule has 0 radical (unpaired) electrons. The van der Waals surface area contributed by atoms with Gasteiger partial charge in [0.1, 0.15) is 0 Å². The summed E-state index contributed by atoms with van der Waals surface area (Å²) in [6.45, 7) is 6.79. The van der Waals surface area contributed by atoms with E-state index in [1.165, 1.54) is 24.8 Å². The lowest BCUT2D eigenvalue weighted by atomic mass is 9.79. The molecule has 0 bridgehead atoms. The zero-order valence-electron chi connectivity index (χ0n) is 11.0. The van der Waals surface area contributed by atoms with Crippen LogP contribution < -0.4 is 5.32 Å². The van der Waals surface area contributed by atoms with E-state index in [4.69, 9.17) is 11.6 Å². The van der Waals surface area contributed by atoms with Crippen LogP contribution in [0.3, 0.4) is 0 Å². The van der Waals surface area contributed by atoms with Gasteiger partial charge < -0.3 is 5.32 Å². The van der Waals surface area contributed by atoms with Gasteiger partial charge >= 0.3 is 0 Å². The van der Waals surface area contributed by atoms with E-state index in [-0.39, 0.29) is 0 Å². The second kappa shape index (κ2) is 5.30. The van der Waals surface area contributed by atoms with Crippen LogP contribution in [0.2, 0.25) is 5.02 Å². The summed E-state index contributed by atoms with van der Waals surface area (Å²) in [5, 5.41) is 4.44. The Morgan fingerprint density at radius 1 is 1.18 bits per heavy atom. The van der Waals surface area contributed by atoms with Crippen molar-refractivity contribution in [2.75, 3.05) is 5.32 Å². The number of halogens is 1. The lowest BCUT2D eigenvalue weighted by Crippen LogP contribution is -2.30. The minimum atomic E-state index is 0.585. The van der Waals surface area contributed by atoms with E-state index < -0.39 is 0 Å². The summed E-state index contributed by atoms with van der Waals surface area (Å²) >= 11 is 6.25. The van der Waals surface area contributed by atoms with Crippen LogP contribution in [0, 0.1) is 18.8 Å². The van der Waals surface area contributed by atoms with Crippen molar-refractivity contribution < 1.29 is 0 Å². The monoisotopic (exact) mass is 251 g/mol. The molecule has 0 aliphatic heterocycles. The Hall–Kier alpha value is -0.690. The summed E-state index contributed by atoms with van der Waals surface area (Å²) in [6.07, 6.45) is 3.84. The molecular formula is C15H22ClN. The molecule has 1 fully saturated rings. The van der Waals surface area contributed by atoms with Crippen molar-refractivity contribution in [2.24, 2.45) is 11.8 Å². The molecular weight excluding hydrogens is 230 g/mol. The van der Waals surface area contributed by atoms with E-state index >= 15 is 0 Å². The van der Waals surface area contributed by atoms with Gasteiger partial charge in [0.25, 0.3) is 0 Å². The summed E-state index contributed by atoms with van der Waals surface area (Å²) in [5.74, 6) is 1.67. The number of aryl methyl sites for hydroxylation is 1. The maximum absolute atomic E-state index is 6.25. The molecule has 2 rings (SSSR count). The van der Waals surface area contributed by atoms with Crippen LogP contribution in [0.15, 0.2) is 18.2 Å². The lowest BCUT2D eigenvalue weighted by Gasteiger charge is -2.33. The molecule has 0 heterocycles. The molecule has 1 N–H and O–H groups in total. The third-order valence-electron chi connectivity index (χ3n) is 4.08. The smallest absolute Gasteiger partial charge is 0.0640 e. The minimum Gasteiger partial charge on any atom is -0.381 e. The van der Waals surface area contributed by atoms with Crippen molar-refractivity contribution in [1.29, 1.82) is 0 Å². The van der Waals surface area contributed by atoms with E-state index in [0.29, 0.717) is 6.04 Å². The summed E-state index contributed by atoms with van der Waals surface area (Å²) in [6, 6.07) is 6.82. The second-order valence-corrected chi connectivity index (χ2v) is 6.00. The Morgan fingerprint density at radius 3 is 2.59 bits per heavy atom. The van der Waals surface area contributed by atoms with Crippen molar-refractivity contribution >= 4 is 17.3 Å². The summed E-state index contributed by atoms with van der Waals surface area (Å²) < 4.78 is 0. The quantitative estimate of drug-likeness (QED) is 0.790. The van der Waals surface area contributed by atoms with Crippen molar-refractivity contribution in [3.05, 3.63) is 28.8 Å². The molecule has 94 valence electrons. The van der Waals surface area contributed by atoms with Crippen molar-refractivity contribution in [1.82, 2.24) is 0 Å². The summed E-state index contributed by atoms with van der Waals surface area (Å²) in [7, 11) is 0. The fourth-order valence-corrected chi connectivity index (χ4v) is 2.93. The van der Waals surface area contributed by atoms with Crippen molar-refractivity contribution in [2.45, 2.75) is 46.1 Å². The lowest BCUT2D eigenvalue weighted by molar-refractivity contribution is 0.261. The zero-order chi connectivity index (χ0) is 12.4. The van der Waals surface area contributed by atoms with Crippen LogP contribution in [0.25, 0.3) is 0 Å². The Kier molecular flexibility index (Phi) is 3.98. The molecule has 1 nitrogen and oxygen atoms in total. The van der Waals surface area contributed by atoms with E-state index in [0.717, 1.165) is 22.5 Å². The van der Waals surface area contributed by atoms with Gasteiger partial charge in [-0.1, -0.05) is 31.5 Å². The topological polar surface area (TPSA) is 12.0 Å². The molecule has 2 heteroatoms. The SMILES string of the molecule is Cc1ccc(NC2CCC(C)C(C)C2)c(Cl)c1. The number of nitrogens with one attached hydrogen (secondary N) is 1. The van der Waals surface area contributed by atoms with Gasteiger partial charge in [-0.25, -0.2) is 0 Å². The maximum Gasteiger partial charge on any atom is 0.0640 e. The molecule has 0 amide bonds. The van der Waals surface area contributed by atoms with Gasteiger partial charge in [0, 0.05) is 6.04 Å². The standard InChI is InChI=1S/C15H22ClN/c1-10-4-7-15(14(16)8-10)17-13-6-5-11(2)12(3)9-13/h4,7-8,11-13,17H,5-6,9H2,1-3H3. The first-order valence-corrected chi connectivity index (χ1v) is 6.96. The van der Waals surface area contributed by atoms with E-state index in [1.807, 2.05) is 6.07 Å². The summed E-state index contributed by atoms with van der Waals surface area (Å²) in [4.78, 5) is 0. The van der Waals surface area contributed by atoms with Gasteiger partial charge in [-0.2, -0.15) is 0 Å². The Labute approximate surface area is 110 Å². The number of hydrogen-bond donors (Lipinski definition) is 1. The second-order valence-electron chi connectivity index (χ2n) is 5.59. The molecule has 1 saturated carbocycles. The van der Waals surface area contributed by atoms with Gasteiger partial charge in [-0.3, -0.25) is 0 Å². The minimum absolute atomic E-state index is 0.585. The highest BCUT2D eigenvalue weighted by molar-refractivity contribution is 6.33. The van der Waals surface area contributed by atoms with Crippen molar-refractivity contribution in [3.8, 4) is 0 Å². The number of rotatable bonds is 2. The molecule has 0 saturated heterocycles. The third kappa shape index (κ3) is 3.16. The molecule has 0 spiro atoms. The van der Waals surface area contributed by atoms with Crippen LogP contribution in [0.4, 0.5) is 5.69 Å². The Morgan fingerprint density at radius 2 is 1.94 bits per heavy atom. The molecule has 1 aromatic carbocycles. The first kappa shape index (κ1) is 12.8. The predicted molar refractivity (Wildman–Crippen MR) is 75.8 cm³/mol. The molecule has 1 aliphatic carbocycles. The fourth-order valence-electron chi connectivity index (χ4n) is 2.64. The van der Waals surface area contributed by atoms with E-state index in [2.05, 4.69) is 38.2 Å². The normalized spacial score (nSPS) is 29.1. The van der Waals surface area contributed by atoms with Gasteiger partial charge in [0.05, 0.1) is 10.7 Å². The molecule has 1 aliphatic rings. The van der Waals surface area contributed by atoms with Gasteiger partial charge in [-0.15, -0.1) is 0 Å². The molecule has 3 unspecified atom stereocenters. The first-order chi connectivity index (χ1) is 8.06. The summed E-state index contributed by atoms with van der Waals surface area (Å²) in [5.41, 5.74) is 2.30. The molecule has 3 atom stereocenters. The molecule has 0 aromatic heterocycles. The highest BCUT2D eigenvalue weighted by Crippen LogP contribution is 2.32. The van der Waals surface area contributed by atoms with Crippen LogP contribution in [-0.4, -0.2) is 6.04 Å². The van der Waals surface area contributed by atoms with Gasteiger partial charge in [0.2, 0.25) is 0 Å². The fraction of sp³-hybridized carbons (Fsp3) is 0.600. The van der Waals surface area contributed by atoms with Crippen LogP contribution in [0.1, 0.15) is 38.7 Å². The average Bonchev–Trinajstić information content (AvgIpc) is 2.27. The number of hydrogen-bond acceptors (Lipinski definition) is 1. The Balaban J connectivity index is 2.01. The molecule has 17 heavy (non-hydrogen) atoms. The largest absolute Gasteiger partial charge is 0.381 e. The number of anilines is 1. The van der Waals surface area contributed by atoms with E-state index in [1.54, 1.807) is 0 Å². The molecule has 1 aromatic rings. The van der Waals surface area contributed by atoms with Crippen LogP contribution >= 0.6 is 11.6 Å². The highest BCUT2D eigenvalue weighted by Gasteiger charge is 2.24. The number of benzene rings is 1. The highest BCUT2D eigenvalue weighted by atomic mass is 35.5. The predicted octanol–water partition coefficient (Wildman–Crippen LogP) is 4.89. The van der Waals surface area contributed by atoms with E-state index in [9.17, 15) is 0 Å². The zero-order valence-corrected chi connectivity index (χ0v) is 11.7. The van der Waals surface area contributed by atoms with Gasteiger partial charge in [0.15, 0.2) is 0 Å². The van der Waals surface area contributed by atoms with Crippen LogP contribution in [-0.2, 0) is 0 Å². The van der Waals surface area contributed by atoms with Gasteiger partial charge in [-0.05, 0) is 55.7 Å².